The first kappa shape index (κ1) is 22.3. The molecule has 1 saturated heterocycles. The maximum absolute atomic E-state index is 13.5. The summed E-state index contributed by atoms with van der Waals surface area (Å²) in [6.45, 7) is 3.12. The smallest absolute Gasteiger partial charge is 0.424 e. The van der Waals surface area contributed by atoms with Crippen molar-refractivity contribution in [3.63, 3.8) is 0 Å². The molecule has 2 heterocycles. The lowest BCUT2D eigenvalue weighted by atomic mass is 9.96. The minimum Gasteiger partial charge on any atom is -0.463 e. The Hall–Kier alpha value is -2.39. The minimum atomic E-state index is -4.94. The Labute approximate surface area is 177 Å². The number of rotatable bonds is 5. The number of carbonyl (C=O) groups is 1. The van der Waals surface area contributed by atoms with Crippen LogP contribution in [0.15, 0.2) is 40.8 Å². The molecular formula is C20H23ClF3N3O3. The van der Waals surface area contributed by atoms with Gasteiger partial charge in [-0.3, -0.25) is 0 Å². The summed E-state index contributed by atoms with van der Waals surface area (Å²) in [5, 5.41) is 13.3. The number of furan rings is 1. The van der Waals surface area contributed by atoms with Crippen molar-refractivity contribution >= 4 is 23.3 Å². The summed E-state index contributed by atoms with van der Waals surface area (Å²) in [6.07, 6.45) is -5.69. The Balaban J connectivity index is 1.53. The summed E-state index contributed by atoms with van der Waals surface area (Å²) in [5.74, 6) is -0.328. The average Bonchev–Trinajstić information content (AvgIpc) is 3.14. The number of hydrogen-bond donors (Lipinski definition) is 2. The highest BCUT2D eigenvalue weighted by atomic mass is 35.5. The second-order valence-electron chi connectivity index (χ2n) is 7.20. The SMILES string of the molecule is Cc1ccc([C@](O)(CCNC(=O)N2CCN(c3cccc(Cl)c3)CC2)C(F)(F)F)o1. The molecule has 1 aliphatic rings. The number of amides is 2. The molecule has 1 fully saturated rings. The van der Waals surface area contributed by atoms with Crippen LogP contribution in [0, 0.1) is 6.92 Å². The minimum absolute atomic E-state index is 0.259. The summed E-state index contributed by atoms with van der Waals surface area (Å²) in [7, 11) is 0. The van der Waals surface area contributed by atoms with E-state index in [2.05, 4.69) is 10.2 Å². The van der Waals surface area contributed by atoms with Crippen LogP contribution in [0.3, 0.4) is 0 Å². The van der Waals surface area contributed by atoms with Gasteiger partial charge >= 0.3 is 12.2 Å². The molecule has 2 aromatic rings. The Morgan fingerprint density at radius 3 is 2.47 bits per heavy atom. The van der Waals surface area contributed by atoms with E-state index < -0.39 is 30.0 Å². The summed E-state index contributed by atoms with van der Waals surface area (Å²) in [6, 6.07) is 9.37. The number of aliphatic hydroxyl groups is 1. The number of urea groups is 1. The number of carbonyl (C=O) groups excluding carboxylic acids is 1. The molecule has 164 valence electrons. The zero-order valence-electron chi connectivity index (χ0n) is 16.4. The Morgan fingerprint density at radius 1 is 1.20 bits per heavy atom. The number of alkyl halides is 3. The van der Waals surface area contributed by atoms with Gasteiger partial charge in [0.25, 0.3) is 0 Å². The summed E-state index contributed by atoms with van der Waals surface area (Å²) in [4.78, 5) is 16.0. The van der Waals surface area contributed by atoms with Gasteiger partial charge in [-0.15, -0.1) is 0 Å². The van der Waals surface area contributed by atoms with E-state index in [-0.39, 0.29) is 12.3 Å². The highest BCUT2D eigenvalue weighted by Gasteiger charge is 2.56. The van der Waals surface area contributed by atoms with E-state index in [1.54, 1.807) is 6.07 Å². The van der Waals surface area contributed by atoms with E-state index in [1.807, 2.05) is 18.2 Å². The van der Waals surface area contributed by atoms with Crippen LogP contribution in [0.4, 0.5) is 23.7 Å². The molecule has 0 bridgehead atoms. The number of nitrogens with one attached hydrogen (secondary N) is 1. The molecule has 0 spiro atoms. The molecule has 0 aliphatic carbocycles. The van der Waals surface area contributed by atoms with Crippen molar-refractivity contribution in [2.75, 3.05) is 37.6 Å². The van der Waals surface area contributed by atoms with Gasteiger partial charge < -0.3 is 24.6 Å². The molecule has 0 unspecified atom stereocenters. The van der Waals surface area contributed by atoms with Crippen LogP contribution in [0.1, 0.15) is 17.9 Å². The molecule has 1 atom stereocenters. The fraction of sp³-hybridized carbons (Fsp3) is 0.450. The molecule has 0 radical (unpaired) electrons. The molecule has 3 rings (SSSR count). The van der Waals surface area contributed by atoms with Gasteiger partial charge in [0, 0.05) is 49.9 Å². The Morgan fingerprint density at radius 2 is 1.90 bits per heavy atom. The van der Waals surface area contributed by atoms with Gasteiger partial charge in [-0.2, -0.15) is 13.2 Å². The van der Waals surface area contributed by atoms with Crippen LogP contribution in [0.2, 0.25) is 5.02 Å². The summed E-state index contributed by atoms with van der Waals surface area (Å²) < 4.78 is 45.4. The van der Waals surface area contributed by atoms with Gasteiger partial charge in [-0.25, -0.2) is 4.79 Å². The first-order chi connectivity index (χ1) is 14.1. The number of anilines is 1. The maximum Gasteiger partial charge on any atom is 0.424 e. The van der Waals surface area contributed by atoms with E-state index in [4.69, 9.17) is 16.0 Å². The number of aryl methyl sites for hydroxylation is 1. The van der Waals surface area contributed by atoms with E-state index in [1.165, 1.54) is 17.9 Å². The third kappa shape index (κ3) is 4.84. The van der Waals surface area contributed by atoms with Gasteiger partial charge in [-0.05, 0) is 37.3 Å². The van der Waals surface area contributed by atoms with Crippen molar-refractivity contribution in [2.24, 2.45) is 0 Å². The first-order valence-corrected chi connectivity index (χ1v) is 9.87. The van der Waals surface area contributed by atoms with Crippen molar-refractivity contribution in [1.29, 1.82) is 0 Å². The molecule has 30 heavy (non-hydrogen) atoms. The second kappa shape index (κ2) is 8.77. The standard InChI is InChI=1S/C20H23ClF3N3O3/c1-14-5-6-17(30-14)19(29,20(22,23)24)7-8-25-18(28)27-11-9-26(10-12-27)16-4-2-3-15(21)13-16/h2-6,13,29H,7-12H2,1H3,(H,25,28)/t19-/m1/s1. The van der Waals surface area contributed by atoms with Crippen molar-refractivity contribution < 1.29 is 27.5 Å². The van der Waals surface area contributed by atoms with Crippen LogP contribution < -0.4 is 10.2 Å². The van der Waals surface area contributed by atoms with Crippen LogP contribution in [0.25, 0.3) is 0 Å². The lowest BCUT2D eigenvalue weighted by molar-refractivity contribution is -0.274. The second-order valence-corrected chi connectivity index (χ2v) is 7.64. The van der Waals surface area contributed by atoms with E-state index >= 15 is 0 Å². The van der Waals surface area contributed by atoms with E-state index in [0.29, 0.717) is 31.2 Å². The molecule has 6 nitrogen and oxygen atoms in total. The van der Waals surface area contributed by atoms with Crippen LogP contribution >= 0.6 is 11.6 Å². The fourth-order valence-corrected chi connectivity index (χ4v) is 3.55. The van der Waals surface area contributed by atoms with Crippen molar-refractivity contribution in [3.8, 4) is 0 Å². The number of benzene rings is 1. The zero-order valence-corrected chi connectivity index (χ0v) is 17.1. The van der Waals surface area contributed by atoms with E-state index in [9.17, 15) is 23.1 Å². The molecular weight excluding hydrogens is 423 g/mol. The molecule has 1 aromatic carbocycles. The van der Waals surface area contributed by atoms with Gasteiger partial charge in [0.15, 0.2) is 0 Å². The number of halogens is 4. The predicted molar refractivity (Wildman–Crippen MR) is 107 cm³/mol. The summed E-state index contributed by atoms with van der Waals surface area (Å²) in [5.41, 5.74) is -2.22. The molecule has 1 aromatic heterocycles. The highest BCUT2D eigenvalue weighted by Crippen LogP contribution is 2.42. The lowest BCUT2D eigenvalue weighted by Crippen LogP contribution is -2.52. The van der Waals surface area contributed by atoms with E-state index in [0.717, 1.165) is 11.8 Å². The monoisotopic (exact) mass is 445 g/mol. The lowest BCUT2D eigenvalue weighted by Gasteiger charge is -2.36. The Bertz CT molecular complexity index is 881. The number of hydrogen-bond acceptors (Lipinski definition) is 4. The average molecular weight is 446 g/mol. The first-order valence-electron chi connectivity index (χ1n) is 9.49. The van der Waals surface area contributed by atoms with Crippen molar-refractivity contribution in [3.05, 3.63) is 52.9 Å². The zero-order chi connectivity index (χ0) is 21.9. The normalized spacial score (nSPS) is 17.0. The number of piperazine rings is 1. The summed E-state index contributed by atoms with van der Waals surface area (Å²) >= 11 is 6.01. The quantitative estimate of drug-likeness (QED) is 0.732. The molecule has 2 amide bonds. The highest BCUT2D eigenvalue weighted by molar-refractivity contribution is 6.30. The topological polar surface area (TPSA) is 69.0 Å². The fourth-order valence-electron chi connectivity index (χ4n) is 3.36. The van der Waals surface area contributed by atoms with Crippen LogP contribution in [-0.4, -0.2) is 54.9 Å². The van der Waals surface area contributed by atoms with Gasteiger partial charge in [0.1, 0.15) is 11.5 Å². The van der Waals surface area contributed by atoms with Gasteiger partial charge in [0.05, 0.1) is 0 Å². The van der Waals surface area contributed by atoms with Crippen molar-refractivity contribution in [1.82, 2.24) is 10.2 Å². The Kier molecular flexibility index (Phi) is 6.52. The molecule has 0 saturated carbocycles. The third-order valence-electron chi connectivity index (χ3n) is 5.12. The third-order valence-corrected chi connectivity index (χ3v) is 5.36. The van der Waals surface area contributed by atoms with Gasteiger partial charge in [-0.1, -0.05) is 17.7 Å². The molecule has 1 aliphatic heterocycles. The molecule has 2 N–H and O–H groups in total. The number of nitrogens with zero attached hydrogens (tertiary/aromatic N) is 2. The predicted octanol–water partition coefficient (Wildman–Crippen LogP) is 3.91. The molecule has 10 heteroatoms. The maximum atomic E-state index is 13.5. The van der Waals surface area contributed by atoms with Crippen molar-refractivity contribution in [2.45, 2.75) is 25.1 Å². The van der Waals surface area contributed by atoms with Crippen LogP contribution in [-0.2, 0) is 5.60 Å². The van der Waals surface area contributed by atoms with Gasteiger partial charge in [0.2, 0.25) is 5.60 Å². The largest absolute Gasteiger partial charge is 0.463 e. The van der Waals surface area contributed by atoms with Crippen LogP contribution in [0.5, 0.6) is 0 Å².